The molecule has 0 aromatic carbocycles. The van der Waals surface area contributed by atoms with Gasteiger partial charge in [-0.2, -0.15) is 0 Å². The molecule has 1 rings (SSSR count). The molecule has 3 heteroatoms. The van der Waals surface area contributed by atoms with Crippen LogP contribution in [0.25, 0.3) is 0 Å². The largest absolute Gasteiger partial charge is 0.392 e. The van der Waals surface area contributed by atoms with Crippen LogP contribution in [-0.2, 0) is 0 Å². The van der Waals surface area contributed by atoms with Gasteiger partial charge < -0.3 is 15.3 Å². The molecule has 132 valence electrons. The van der Waals surface area contributed by atoms with Crippen molar-refractivity contribution >= 4 is 0 Å². The molecule has 0 heterocycles. The third kappa shape index (κ3) is 6.62. The minimum atomic E-state index is -0.609. The van der Waals surface area contributed by atoms with Crippen molar-refractivity contribution in [3.63, 3.8) is 0 Å². The van der Waals surface area contributed by atoms with Crippen LogP contribution in [0, 0.1) is 11.3 Å². The normalized spacial score (nSPS) is 23.9. The highest BCUT2D eigenvalue weighted by Crippen LogP contribution is 2.45. The van der Waals surface area contributed by atoms with Crippen molar-refractivity contribution in [2.45, 2.75) is 65.4 Å². The first-order valence-electron chi connectivity index (χ1n) is 8.72. The number of allylic oxidation sites excluding steroid dienone is 2. The third-order valence-corrected chi connectivity index (χ3v) is 5.11. The van der Waals surface area contributed by atoms with Gasteiger partial charge in [-0.1, -0.05) is 43.7 Å². The maximum absolute atomic E-state index is 10.1. The van der Waals surface area contributed by atoms with E-state index in [1.807, 2.05) is 6.08 Å². The van der Waals surface area contributed by atoms with E-state index in [0.29, 0.717) is 23.3 Å². The number of hydrogen-bond acceptors (Lipinski definition) is 3. The van der Waals surface area contributed by atoms with Gasteiger partial charge in [0.25, 0.3) is 0 Å². The quantitative estimate of drug-likeness (QED) is 0.596. The van der Waals surface area contributed by atoms with E-state index in [2.05, 4.69) is 27.4 Å². The molecule has 1 aliphatic rings. The Labute approximate surface area is 141 Å². The van der Waals surface area contributed by atoms with Crippen LogP contribution in [0.5, 0.6) is 0 Å². The van der Waals surface area contributed by atoms with Crippen LogP contribution in [0.2, 0.25) is 0 Å². The van der Waals surface area contributed by atoms with Crippen molar-refractivity contribution in [3.8, 4) is 0 Å². The lowest BCUT2D eigenvalue weighted by Crippen LogP contribution is -2.29. The van der Waals surface area contributed by atoms with Crippen LogP contribution in [0.4, 0.5) is 0 Å². The Hall–Kier alpha value is -0.900. The average Bonchev–Trinajstić information content (AvgIpc) is 2.45. The lowest BCUT2D eigenvalue weighted by molar-refractivity contribution is 0.180. The first kappa shape index (κ1) is 20.1. The molecular formula is C20H34O3. The SMILES string of the molecule is C=C1CCCC(C)(C)[C@H]1CC/C(C)=C/C(O)C/C(=C\CO)CO. The van der Waals surface area contributed by atoms with Gasteiger partial charge in [-0.25, -0.2) is 0 Å². The van der Waals surface area contributed by atoms with Crippen molar-refractivity contribution in [1.29, 1.82) is 0 Å². The van der Waals surface area contributed by atoms with E-state index in [1.54, 1.807) is 6.08 Å². The van der Waals surface area contributed by atoms with E-state index in [-0.39, 0.29) is 13.2 Å². The summed E-state index contributed by atoms with van der Waals surface area (Å²) in [6.45, 7) is 10.8. The summed E-state index contributed by atoms with van der Waals surface area (Å²) < 4.78 is 0. The van der Waals surface area contributed by atoms with Crippen molar-refractivity contribution in [3.05, 3.63) is 35.5 Å². The number of aliphatic hydroxyl groups excluding tert-OH is 3. The molecule has 3 nitrogen and oxygen atoms in total. The smallest absolute Gasteiger partial charge is 0.0761 e. The van der Waals surface area contributed by atoms with Gasteiger partial charge in [0.1, 0.15) is 0 Å². The van der Waals surface area contributed by atoms with E-state index in [1.165, 1.54) is 24.0 Å². The molecule has 0 aliphatic heterocycles. The minimum Gasteiger partial charge on any atom is -0.392 e. The van der Waals surface area contributed by atoms with Gasteiger partial charge in [0, 0.05) is 6.42 Å². The maximum atomic E-state index is 10.1. The summed E-state index contributed by atoms with van der Waals surface area (Å²) in [4.78, 5) is 0. The van der Waals surface area contributed by atoms with Gasteiger partial charge in [0.2, 0.25) is 0 Å². The highest BCUT2D eigenvalue weighted by Gasteiger charge is 2.33. The fourth-order valence-electron chi connectivity index (χ4n) is 3.72. The number of hydrogen-bond donors (Lipinski definition) is 3. The zero-order chi connectivity index (χ0) is 17.5. The summed E-state index contributed by atoms with van der Waals surface area (Å²) in [5, 5.41) is 28.2. The van der Waals surface area contributed by atoms with Crippen LogP contribution >= 0.6 is 0 Å². The highest BCUT2D eigenvalue weighted by molar-refractivity contribution is 5.13. The van der Waals surface area contributed by atoms with Crippen molar-refractivity contribution in [2.24, 2.45) is 11.3 Å². The zero-order valence-electron chi connectivity index (χ0n) is 15.0. The number of rotatable bonds is 8. The summed E-state index contributed by atoms with van der Waals surface area (Å²) in [5.41, 5.74) is 3.55. The predicted octanol–water partition coefficient (Wildman–Crippen LogP) is 3.76. The van der Waals surface area contributed by atoms with Crippen molar-refractivity contribution in [2.75, 3.05) is 13.2 Å². The second-order valence-electron chi connectivity index (χ2n) is 7.58. The standard InChI is InChI=1S/C20H34O3/c1-15(12-18(23)13-17(14-22)9-11-21)7-8-19-16(2)6-5-10-20(19,3)4/h9,12,18-19,21-23H,2,5-8,10-11,13-14H2,1,3-4H3/b15-12+,17-9+/t18?,19-/m0/s1. The van der Waals surface area contributed by atoms with Gasteiger partial charge >= 0.3 is 0 Å². The molecular weight excluding hydrogens is 288 g/mol. The molecule has 1 fully saturated rings. The van der Waals surface area contributed by atoms with E-state index in [4.69, 9.17) is 5.11 Å². The predicted molar refractivity (Wildman–Crippen MR) is 96.1 cm³/mol. The zero-order valence-corrected chi connectivity index (χ0v) is 15.0. The summed E-state index contributed by atoms with van der Waals surface area (Å²) in [5.74, 6) is 0.555. The lowest BCUT2D eigenvalue weighted by Gasteiger charge is -2.40. The Morgan fingerprint density at radius 3 is 2.65 bits per heavy atom. The molecule has 0 amide bonds. The molecule has 0 saturated heterocycles. The maximum Gasteiger partial charge on any atom is 0.0761 e. The average molecular weight is 322 g/mol. The van der Waals surface area contributed by atoms with E-state index >= 15 is 0 Å². The van der Waals surface area contributed by atoms with Crippen LogP contribution in [0.1, 0.15) is 59.3 Å². The van der Waals surface area contributed by atoms with Crippen LogP contribution in [-0.4, -0.2) is 34.6 Å². The minimum absolute atomic E-state index is 0.107. The Bertz CT molecular complexity index is 446. The first-order chi connectivity index (χ1) is 10.8. The monoisotopic (exact) mass is 322 g/mol. The third-order valence-electron chi connectivity index (χ3n) is 5.11. The molecule has 0 bridgehead atoms. The molecule has 0 radical (unpaired) electrons. The summed E-state index contributed by atoms with van der Waals surface area (Å²) in [7, 11) is 0. The molecule has 2 atom stereocenters. The summed E-state index contributed by atoms with van der Waals surface area (Å²) in [6.07, 6.45) is 8.89. The van der Waals surface area contributed by atoms with Gasteiger partial charge in [0.05, 0.1) is 19.3 Å². The fraction of sp³-hybridized carbons (Fsp3) is 0.700. The molecule has 23 heavy (non-hydrogen) atoms. The van der Waals surface area contributed by atoms with Crippen molar-refractivity contribution in [1.82, 2.24) is 0 Å². The Morgan fingerprint density at radius 1 is 1.39 bits per heavy atom. The lowest BCUT2D eigenvalue weighted by atomic mass is 9.65. The second-order valence-corrected chi connectivity index (χ2v) is 7.58. The fourth-order valence-corrected chi connectivity index (χ4v) is 3.72. The van der Waals surface area contributed by atoms with Crippen LogP contribution in [0.15, 0.2) is 35.5 Å². The Morgan fingerprint density at radius 2 is 2.09 bits per heavy atom. The second kappa shape index (κ2) is 9.41. The van der Waals surface area contributed by atoms with Gasteiger partial charge in [-0.05, 0) is 55.9 Å². The summed E-state index contributed by atoms with van der Waals surface area (Å²) >= 11 is 0. The summed E-state index contributed by atoms with van der Waals surface area (Å²) in [6, 6.07) is 0. The molecule has 3 N–H and O–H groups in total. The first-order valence-corrected chi connectivity index (χ1v) is 8.72. The molecule has 0 aromatic rings. The van der Waals surface area contributed by atoms with Crippen LogP contribution < -0.4 is 0 Å². The highest BCUT2D eigenvalue weighted by atomic mass is 16.3. The van der Waals surface area contributed by atoms with E-state index < -0.39 is 6.10 Å². The molecule has 0 spiro atoms. The molecule has 1 aliphatic carbocycles. The van der Waals surface area contributed by atoms with E-state index in [9.17, 15) is 10.2 Å². The Balaban J connectivity index is 2.56. The van der Waals surface area contributed by atoms with E-state index in [0.717, 1.165) is 19.3 Å². The van der Waals surface area contributed by atoms with Gasteiger partial charge in [-0.15, -0.1) is 0 Å². The van der Waals surface area contributed by atoms with Crippen molar-refractivity contribution < 1.29 is 15.3 Å². The van der Waals surface area contributed by atoms with Gasteiger partial charge in [-0.3, -0.25) is 0 Å². The topological polar surface area (TPSA) is 60.7 Å². The van der Waals surface area contributed by atoms with Gasteiger partial charge in [0.15, 0.2) is 0 Å². The number of aliphatic hydroxyl groups is 3. The molecule has 0 aromatic heterocycles. The van der Waals surface area contributed by atoms with Crippen LogP contribution in [0.3, 0.4) is 0 Å². The Kier molecular flexibility index (Phi) is 8.24. The molecule has 1 unspecified atom stereocenters. The molecule has 1 saturated carbocycles.